The Labute approximate surface area is 157 Å². The number of anilines is 1. The Balaban J connectivity index is 1.94. The van der Waals surface area contributed by atoms with Gasteiger partial charge in [-0.05, 0) is 50.2 Å². The van der Waals surface area contributed by atoms with Crippen LogP contribution in [-0.4, -0.2) is 46.9 Å². The van der Waals surface area contributed by atoms with E-state index in [1.54, 1.807) is 0 Å². The molecule has 0 N–H and O–H groups in total. The molecule has 2 aromatic rings. The maximum Gasteiger partial charge on any atom is 0.255 e. The van der Waals surface area contributed by atoms with Crippen LogP contribution < -0.4 is 4.90 Å². The van der Waals surface area contributed by atoms with Gasteiger partial charge in [0.25, 0.3) is 5.91 Å². The van der Waals surface area contributed by atoms with Gasteiger partial charge in [0.15, 0.2) is 0 Å². The maximum absolute atomic E-state index is 12.9. The van der Waals surface area contributed by atoms with Crippen molar-refractivity contribution in [3.8, 4) is 0 Å². The van der Waals surface area contributed by atoms with E-state index in [9.17, 15) is 4.79 Å². The number of fused-ring (bicyclic) bond motifs is 1. The molecule has 0 bridgehead atoms. The molecule has 0 aliphatic carbocycles. The molecule has 1 amide bonds. The summed E-state index contributed by atoms with van der Waals surface area (Å²) in [7, 11) is 2.13. The first-order chi connectivity index (χ1) is 12.5. The molecule has 0 aromatic carbocycles. The number of pyridine rings is 1. The summed E-state index contributed by atoms with van der Waals surface area (Å²) in [5.41, 5.74) is 2.78. The number of carbonyl (C=O) groups is 1. The number of aromatic nitrogens is 2. The predicted molar refractivity (Wildman–Crippen MR) is 107 cm³/mol. The first-order valence-electron chi connectivity index (χ1n) is 10.0. The van der Waals surface area contributed by atoms with E-state index in [1.807, 2.05) is 23.2 Å². The first-order valence-corrected chi connectivity index (χ1v) is 10.0. The van der Waals surface area contributed by atoms with E-state index in [2.05, 4.69) is 37.1 Å². The van der Waals surface area contributed by atoms with Crippen molar-refractivity contribution in [1.82, 2.24) is 14.3 Å². The number of carbonyl (C=O) groups excluding carboxylic acids is 1. The molecule has 0 spiro atoms. The summed E-state index contributed by atoms with van der Waals surface area (Å²) in [5.74, 6) is 1.93. The summed E-state index contributed by atoms with van der Waals surface area (Å²) >= 11 is 0. The van der Waals surface area contributed by atoms with Crippen molar-refractivity contribution < 1.29 is 4.79 Å². The van der Waals surface area contributed by atoms with Gasteiger partial charge in [-0.25, -0.2) is 4.98 Å². The number of aryl methyl sites for hydroxylation is 1. The van der Waals surface area contributed by atoms with E-state index in [-0.39, 0.29) is 5.91 Å². The van der Waals surface area contributed by atoms with Crippen LogP contribution in [0.5, 0.6) is 0 Å². The molecular formula is C21H32N4O. The van der Waals surface area contributed by atoms with Crippen LogP contribution in [-0.2, 0) is 6.42 Å². The van der Waals surface area contributed by atoms with Crippen LogP contribution in [0.25, 0.3) is 5.65 Å². The second kappa shape index (κ2) is 8.11. The van der Waals surface area contributed by atoms with Gasteiger partial charge in [-0.1, -0.05) is 20.8 Å². The van der Waals surface area contributed by atoms with Gasteiger partial charge in [-0.2, -0.15) is 0 Å². The summed E-state index contributed by atoms with van der Waals surface area (Å²) < 4.78 is 2.11. The molecule has 1 aliphatic rings. The number of rotatable bonds is 6. The number of hydrogen-bond acceptors (Lipinski definition) is 3. The van der Waals surface area contributed by atoms with E-state index >= 15 is 0 Å². The lowest BCUT2D eigenvalue weighted by Gasteiger charge is -2.27. The molecule has 0 atom stereocenters. The molecule has 0 saturated carbocycles. The quantitative estimate of drug-likeness (QED) is 0.785. The van der Waals surface area contributed by atoms with Gasteiger partial charge < -0.3 is 9.80 Å². The molecule has 2 aromatic heterocycles. The number of piperidine rings is 1. The number of likely N-dealkylation sites (tertiary alicyclic amines) is 1. The second-order valence-electron chi connectivity index (χ2n) is 7.84. The predicted octanol–water partition coefficient (Wildman–Crippen LogP) is 4.01. The zero-order valence-electron chi connectivity index (χ0n) is 16.7. The Bertz CT molecular complexity index is 759. The van der Waals surface area contributed by atoms with E-state index in [0.29, 0.717) is 5.92 Å². The van der Waals surface area contributed by atoms with Gasteiger partial charge in [0.05, 0.1) is 11.3 Å². The zero-order valence-corrected chi connectivity index (χ0v) is 16.7. The van der Waals surface area contributed by atoms with Crippen LogP contribution in [0.4, 0.5) is 5.82 Å². The number of hydrogen-bond donors (Lipinski definition) is 0. The molecule has 0 unspecified atom stereocenters. The van der Waals surface area contributed by atoms with Gasteiger partial charge in [0.2, 0.25) is 0 Å². The fourth-order valence-corrected chi connectivity index (χ4v) is 3.69. The van der Waals surface area contributed by atoms with Gasteiger partial charge in [0.1, 0.15) is 11.5 Å². The van der Waals surface area contributed by atoms with E-state index in [1.165, 1.54) is 6.42 Å². The van der Waals surface area contributed by atoms with Crippen LogP contribution in [0.2, 0.25) is 0 Å². The highest BCUT2D eigenvalue weighted by Crippen LogP contribution is 2.24. The van der Waals surface area contributed by atoms with Crippen LogP contribution in [0.3, 0.4) is 0 Å². The third-order valence-electron chi connectivity index (χ3n) is 5.29. The minimum atomic E-state index is 0.147. The van der Waals surface area contributed by atoms with Crippen molar-refractivity contribution in [3.05, 3.63) is 29.6 Å². The topological polar surface area (TPSA) is 40.9 Å². The summed E-state index contributed by atoms with van der Waals surface area (Å²) in [4.78, 5) is 22.0. The average molecular weight is 357 g/mol. The molecule has 1 saturated heterocycles. The lowest BCUT2D eigenvalue weighted by Crippen LogP contribution is -2.35. The van der Waals surface area contributed by atoms with Crippen molar-refractivity contribution in [2.75, 3.05) is 31.6 Å². The van der Waals surface area contributed by atoms with Crippen LogP contribution >= 0.6 is 0 Å². The standard InChI is InChI=1S/C21H32N4O/c1-5-18-20(23(4)14-11-16(2)3)25-15-17(9-10-19(25)22-18)21(26)24-12-7-6-8-13-24/h9-10,15-16H,5-8,11-14H2,1-4H3. The van der Waals surface area contributed by atoms with Crippen LogP contribution in [0.15, 0.2) is 18.3 Å². The SMILES string of the molecule is CCc1nc2ccc(C(=O)N3CCCCC3)cn2c1N(C)CCC(C)C. The molecule has 5 nitrogen and oxygen atoms in total. The fourth-order valence-electron chi connectivity index (χ4n) is 3.69. The molecule has 3 heterocycles. The highest BCUT2D eigenvalue weighted by atomic mass is 16.2. The van der Waals surface area contributed by atoms with Gasteiger partial charge in [-0.3, -0.25) is 9.20 Å². The van der Waals surface area contributed by atoms with Gasteiger partial charge >= 0.3 is 0 Å². The maximum atomic E-state index is 12.9. The smallest absolute Gasteiger partial charge is 0.255 e. The Hall–Kier alpha value is -2.04. The molecular weight excluding hydrogens is 324 g/mol. The number of amides is 1. The van der Waals surface area contributed by atoms with Gasteiger partial charge in [-0.15, -0.1) is 0 Å². The Morgan fingerprint density at radius 1 is 1.23 bits per heavy atom. The highest BCUT2D eigenvalue weighted by Gasteiger charge is 2.21. The average Bonchev–Trinajstić information content (AvgIpc) is 3.04. The number of imidazole rings is 1. The van der Waals surface area contributed by atoms with Crippen molar-refractivity contribution in [2.45, 2.75) is 52.9 Å². The molecule has 1 aliphatic heterocycles. The molecule has 26 heavy (non-hydrogen) atoms. The van der Waals surface area contributed by atoms with Crippen molar-refractivity contribution >= 4 is 17.4 Å². The number of nitrogens with zero attached hydrogens (tertiary/aromatic N) is 4. The van der Waals surface area contributed by atoms with E-state index < -0.39 is 0 Å². The van der Waals surface area contributed by atoms with E-state index in [0.717, 1.165) is 68.0 Å². The normalized spacial score (nSPS) is 15.0. The lowest BCUT2D eigenvalue weighted by atomic mass is 10.1. The summed E-state index contributed by atoms with van der Waals surface area (Å²) in [6, 6.07) is 3.91. The Morgan fingerprint density at radius 3 is 2.62 bits per heavy atom. The largest absolute Gasteiger partial charge is 0.359 e. The van der Waals surface area contributed by atoms with Crippen molar-refractivity contribution in [2.24, 2.45) is 5.92 Å². The summed E-state index contributed by atoms with van der Waals surface area (Å²) in [6.45, 7) is 9.38. The Morgan fingerprint density at radius 2 is 1.96 bits per heavy atom. The lowest BCUT2D eigenvalue weighted by molar-refractivity contribution is 0.0724. The van der Waals surface area contributed by atoms with Gasteiger partial charge in [0, 0.05) is 32.9 Å². The summed E-state index contributed by atoms with van der Waals surface area (Å²) in [5, 5.41) is 0. The molecule has 1 fully saturated rings. The van der Waals surface area contributed by atoms with Crippen LogP contribution in [0, 0.1) is 5.92 Å². The Kier molecular flexibility index (Phi) is 5.84. The minimum Gasteiger partial charge on any atom is -0.359 e. The second-order valence-corrected chi connectivity index (χ2v) is 7.84. The van der Waals surface area contributed by atoms with Crippen molar-refractivity contribution in [1.29, 1.82) is 0 Å². The van der Waals surface area contributed by atoms with Crippen LogP contribution in [0.1, 0.15) is 62.5 Å². The molecule has 0 radical (unpaired) electrons. The molecule has 5 heteroatoms. The molecule has 142 valence electrons. The monoisotopic (exact) mass is 356 g/mol. The van der Waals surface area contributed by atoms with Crippen molar-refractivity contribution in [3.63, 3.8) is 0 Å². The molecule has 3 rings (SSSR count). The minimum absolute atomic E-state index is 0.147. The summed E-state index contributed by atoms with van der Waals surface area (Å²) in [6.07, 6.45) is 7.47. The highest BCUT2D eigenvalue weighted by molar-refractivity contribution is 5.94. The third kappa shape index (κ3) is 3.87. The third-order valence-corrected chi connectivity index (χ3v) is 5.29. The zero-order chi connectivity index (χ0) is 18.7. The van der Waals surface area contributed by atoms with E-state index in [4.69, 9.17) is 4.98 Å². The first kappa shape index (κ1) is 18.7. The fraction of sp³-hybridized carbons (Fsp3) is 0.619.